The number of hydrogen-bond acceptors (Lipinski definition) is 6. The summed E-state index contributed by atoms with van der Waals surface area (Å²) in [6.45, 7) is 8.18. The van der Waals surface area contributed by atoms with Crippen LogP contribution >= 0.6 is 0 Å². The molecular formula is C19H26N6O. The van der Waals surface area contributed by atoms with Crippen LogP contribution in [0.2, 0.25) is 0 Å². The zero-order valence-corrected chi connectivity index (χ0v) is 15.6. The minimum absolute atomic E-state index is 0.204. The largest absolute Gasteiger partial charge is 0.369 e. The first-order chi connectivity index (χ1) is 12.5. The second-order valence-corrected chi connectivity index (χ2v) is 6.86. The summed E-state index contributed by atoms with van der Waals surface area (Å²) in [4.78, 5) is 25.5. The lowest BCUT2D eigenvalue weighted by molar-refractivity contribution is 0.102. The Morgan fingerprint density at radius 3 is 2.42 bits per heavy atom. The quantitative estimate of drug-likeness (QED) is 0.858. The minimum atomic E-state index is -0.244. The standard InChI is InChI=1S/C19H26N6O/c1-14(2)21-19-20-9-8-17(23-19)18(26)22-15-4-6-16(7-5-15)25-12-10-24(3)11-13-25/h4-9,14H,10-13H2,1-3H3,(H,22,26)(H,20,21,23). The van der Waals surface area contributed by atoms with Crippen LogP contribution in [0.1, 0.15) is 24.3 Å². The van der Waals surface area contributed by atoms with Gasteiger partial charge in [-0.25, -0.2) is 9.97 Å². The monoisotopic (exact) mass is 354 g/mol. The van der Waals surface area contributed by atoms with Gasteiger partial charge in [0.05, 0.1) is 0 Å². The number of carbonyl (C=O) groups excluding carboxylic acids is 1. The van der Waals surface area contributed by atoms with Gasteiger partial charge < -0.3 is 20.4 Å². The van der Waals surface area contributed by atoms with Gasteiger partial charge in [-0.15, -0.1) is 0 Å². The Bertz CT molecular complexity index is 738. The average molecular weight is 354 g/mol. The summed E-state index contributed by atoms with van der Waals surface area (Å²) in [7, 11) is 2.14. The number of amides is 1. The highest BCUT2D eigenvalue weighted by Crippen LogP contribution is 2.19. The van der Waals surface area contributed by atoms with Crippen molar-refractivity contribution in [1.29, 1.82) is 0 Å². The van der Waals surface area contributed by atoms with Crippen molar-refractivity contribution in [2.45, 2.75) is 19.9 Å². The van der Waals surface area contributed by atoms with Gasteiger partial charge in [-0.05, 0) is 51.2 Å². The van der Waals surface area contributed by atoms with Gasteiger partial charge in [0.15, 0.2) is 0 Å². The number of rotatable bonds is 5. The first-order valence-corrected chi connectivity index (χ1v) is 8.96. The molecule has 7 heteroatoms. The molecule has 7 nitrogen and oxygen atoms in total. The summed E-state index contributed by atoms with van der Waals surface area (Å²) in [5, 5.41) is 5.99. The van der Waals surface area contributed by atoms with Gasteiger partial charge in [-0.2, -0.15) is 0 Å². The number of hydrogen-bond donors (Lipinski definition) is 2. The maximum Gasteiger partial charge on any atom is 0.274 e. The van der Waals surface area contributed by atoms with Crippen molar-refractivity contribution in [2.24, 2.45) is 0 Å². The summed E-state index contributed by atoms with van der Waals surface area (Å²) < 4.78 is 0. The second-order valence-electron chi connectivity index (χ2n) is 6.86. The van der Waals surface area contributed by atoms with Gasteiger partial charge in [0.25, 0.3) is 5.91 Å². The number of nitrogens with zero attached hydrogens (tertiary/aromatic N) is 4. The fourth-order valence-corrected chi connectivity index (χ4v) is 2.83. The fourth-order valence-electron chi connectivity index (χ4n) is 2.83. The van der Waals surface area contributed by atoms with Crippen LogP contribution in [0.25, 0.3) is 0 Å². The van der Waals surface area contributed by atoms with Crippen molar-refractivity contribution in [3.05, 3.63) is 42.2 Å². The van der Waals surface area contributed by atoms with Crippen LogP contribution in [-0.4, -0.2) is 60.0 Å². The molecule has 0 saturated carbocycles. The van der Waals surface area contributed by atoms with E-state index < -0.39 is 0 Å². The number of piperazine rings is 1. The summed E-state index contributed by atoms with van der Waals surface area (Å²) in [5.74, 6) is 0.213. The number of benzene rings is 1. The van der Waals surface area contributed by atoms with Crippen LogP contribution in [-0.2, 0) is 0 Å². The Labute approximate surface area is 154 Å². The zero-order valence-electron chi connectivity index (χ0n) is 15.6. The predicted octanol–water partition coefficient (Wildman–Crippen LogP) is 2.30. The smallest absolute Gasteiger partial charge is 0.274 e. The van der Waals surface area contributed by atoms with E-state index in [1.807, 2.05) is 38.1 Å². The van der Waals surface area contributed by atoms with E-state index in [4.69, 9.17) is 0 Å². The van der Waals surface area contributed by atoms with Crippen LogP contribution in [0.4, 0.5) is 17.3 Å². The molecule has 1 amide bonds. The summed E-state index contributed by atoms with van der Waals surface area (Å²) in [6.07, 6.45) is 1.59. The fraction of sp³-hybridized carbons (Fsp3) is 0.421. The van der Waals surface area contributed by atoms with E-state index in [2.05, 4.69) is 37.4 Å². The van der Waals surface area contributed by atoms with Gasteiger partial charge in [0.2, 0.25) is 5.95 Å². The highest BCUT2D eigenvalue weighted by molar-refractivity contribution is 6.03. The molecule has 1 fully saturated rings. The molecule has 1 aliphatic heterocycles. The lowest BCUT2D eigenvalue weighted by Gasteiger charge is -2.34. The van der Waals surface area contributed by atoms with Crippen LogP contribution < -0.4 is 15.5 Å². The van der Waals surface area contributed by atoms with Gasteiger partial charge in [-0.1, -0.05) is 0 Å². The third kappa shape index (κ3) is 4.70. The van der Waals surface area contributed by atoms with Crippen molar-refractivity contribution in [1.82, 2.24) is 14.9 Å². The van der Waals surface area contributed by atoms with Crippen molar-refractivity contribution >= 4 is 23.2 Å². The van der Waals surface area contributed by atoms with E-state index in [0.717, 1.165) is 31.9 Å². The Morgan fingerprint density at radius 1 is 1.08 bits per heavy atom. The van der Waals surface area contributed by atoms with E-state index >= 15 is 0 Å². The molecule has 2 heterocycles. The first-order valence-electron chi connectivity index (χ1n) is 8.96. The van der Waals surface area contributed by atoms with Crippen molar-refractivity contribution in [3.63, 3.8) is 0 Å². The van der Waals surface area contributed by atoms with Gasteiger partial charge >= 0.3 is 0 Å². The number of nitrogens with one attached hydrogen (secondary N) is 2. The molecule has 0 unspecified atom stereocenters. The lowest BCUT2D eigenvalue weighted by Crippen LogP contribution is -2.44. The van der Waals surface area contributed by atoms with E-state index in [-0.39, 0.29) is 11.9 Å². The third-order valence-electron chi connectivity index (χ3n) is 4.30. The molecule has 1 saturated heterocycles. The van der Waals surface area contributed by atoms with Crippen LogP contribution in [0.3, 0.4) is 0 Å². The molecule has 0 aliphatic carbocycles. The lowest BCUT2D eigenvalue weighted by atomic mass is 10.2. The molecule has 3 rings (SSSR count). The van der Waals surface area contributed by atoms with E-state index in [1.54, 1.807) is 12.3 Å². The molecule has 1 aromatic heterocycles. The van der Waals surface area contributed by atoms with Crippen LogP contribution in [0, 0.1) is 0 Å². The molecule has 0 bridgehead atoms. The molecule has 2 N–H and O–H groups in total. The molecule has 0 atom stereocenters. The first kappa shape index (κ1) is 18.1. The van der Waals surface area contributed by atoms with E-state index in [0.29, 0.717) is 11.6 Å². The van der Waals surface area contributed by atoms with E-state index in [1.165, 1.54) is 5.69 Å². The van der Waals surface area contributed by atoms with Gasteiger partial charge in [0, 0.05) is 49.8 Å². The van der Waals surface area contributed by atoms with Gasteiger partial charge in [0.1, 0.15) is 5.69 Å². The third-order valence-corrected chi connectivity index (χ3v) is 4.30. The molecule has 1 aliphatic rings. The molecule has 0 spiro atoms. The summed E-state index contributed by atoms with van der Waals surface area (Å²) in [5.41, 5.74) is 2.28. The Balaban J connectivity index is 1.63. The number of aromatic nitrogens is 2. The highest BCUT2D eigenvalue weighted by Gasteiger charge is 2.14. The summed E-state index contributed by atoms with van der Waals surface area (Å²) in [6, 6.07) is 9.77. The topological polar surface area (TPSA) is 73.4 Å². The molecule has 138 valence electrons. The minimum Gasteiger partial charge on any atom is -0.369 e. The maximum absolute atomic E-state index is 12.4. The predicted molar refractivity (Wildman–Crippen MR) is 105 cm³/mol. The van der Waals surface area contributed by atoms with Crippen LogP contribution in [0.5, 0.6) is 0 Å². The molecule has 1 aromatic carbocycles. The van der Waals surface area contributed by atoms with Crippen LogP contribution in [0.15, 0.2) is 36.5 Å². The SMILES string of the molecule is CC(C)Nc1nccc(C(=O)Nc2ccc(N3CCN(C)CC3)cc2)n1. The maximum atomic E-state index is 12.4. The van der Waals surface area contributed by atoms with E-state index in [9.17, 15) is 4.79 Å². The van der Waals surface area contributed by atoms with Gasteiger partial charge in [-0.3, -0.25) is 4.79 Å². The molecule has 0 radical (unpaired) electrons. The Kier molecular flexibility index (Phi) is 5.68. The Hall–Kier alpha value is -2.67. The summed E-state index contributed by atoms with van der Waals surface area (Å²) >= 11 is 0. The number of carbonyl (C=O) groups is 1. The normalized spacial score (nSPS) is 15.2. The zero-order chi connectivity index (χ0) is 18.5. The number of likely N-dealkylation sites (N-methyl/N-ethyl adjacent to an activating group) is 1. The highest BCUT2D eigenvalue weighted by atomic mass is 16.1. The van der Waals surface area contributed by atoms with Crippen molar-refractivity contribution in [2.75, 3.05) is 48.8 Å². The second kappa shape index (κ2) is 8.14. The molecular weight excluding hydrogens is 328 g/mol. The molecule has 26 heavy (non-hydrogen) atoms. The average Bonchev–Trinajstić information content (AvgIpc) is 2.63. The van der Waals surface area contributed by atoms with Crippen molar-refractivity contribution < 1.29 is 4.79 Å². The molecule has 2 aromatic rings. The Morgan fingerprint density at radius 2 is 1.77 bits per heavy atom. The van der Waals surface area contributed by atoms with Crippen molar-refractivity contribution in [3.8, 4) is 0 Å². The number of anilines is 3.